The molecule has 0 unspecified atom stereocenters. The third-order valence-corrected chi connectivity index (χ3v) is 6.64. The molecule has 4 aromatic rings. The number of nitrogens with zero attached hydrogens (tertiary/aromatic N) is 5. The minimum atomic E-state index is 0.0704. The largest absolute Gasteiger partial charge is 0.366 e. The Morgan fingerprint density at radius 3 is 2.50 bits per heavy atom. The molecule has 1 aliphatic heterocycles. The van der Waals surface area contributed by atoms with Gasteiger partial charge >= 0.3 is 0 Å². The van der Waals surface area contributed by atoms with Crippen molar-refractivity contribution in [3.8, 4) is 11.3 Å². The Labute approximate surface area is 207 Å². The highest BCUT2D eigenvalue weighted by Gasteiger charge is 2.20. The minimum Gasteiger partial charge on any atom is -0.366 e. The highest BCUT2D eigenvalue weighted by atomic mass is 35.5. The van der Waals surface area contributed by atoms with Crippen LogP contribution in [0.4, 0.5) is 5.82 Å². The molecule has 174 valence electrons. The first-order valence-electron chi connectivity index (χ1n) is 11.1. The fraction of sp³-hybridized carbons (Fsp3) is 0.240. The van der Waals surface area contributed by atoms with E-state index in [2.05, 4.69) is 22.4 Å². The summed E-state index contributed by atoms with van der Waals surface area (Å²) in [5.41, 5.74) is 4.05. The third-order valence-electron chi connectivity index (χ3n) is 6.05. The number of aromatic nitrogens is 3. The Morgan fingerprint density at radius 2 is 1.76 bits per heavy atom. The summed E-state index contributed by atoms with van der Waals surface area (Å²) in [6, 6.07) is 16.9. The van der Waals surface area contributed by atoms with E-state index in [0.29, 0.717) is 22.2 Å². The average Bonchev–Trinajstić information content (AvgIpc) is 3.32. The first kappa shape index (κ1) is 22.7. The zero-order valence-electron chi connectivity index (χ0n) is 18.7. The van der Waals surface area contributed by atoms with Crippen LogP contribution < -0.4 is 5.32 Å². The van der Waals surface area contributed by atoms with Crippen molar-refractivity contribution >= 4 is 40.6 Å². The van der Waals surface area contributed by atoms with Gasteiger partial charge in [0.25, 0.3) is 5.91 Å². The van der Waals surface area contributed by atoms with E-state index in [0.717, 1.165) is 54.5 Å². The van der Waals surface area contributed by atoms with Crippen LogP contribution in [0.1, 0.15) is 15.9 Å². The summed E-state index contributed by atoms with van der Waals surface area (Å²) in [5, 5.41) is 8.99. The van der Waals surface area contributed by atoms with Crippen LogP contribution in [0.15, 0.2) is 60.8 Å². The van der Waals surface area contributed by atoms with Crippen molar-refractivity contribution in [2.45, 2.75) is 6.54 Å². The summed E-state index contributed by atoms with van der Waals surface area (Å²) in [6.45, 7) is 3.81. The smallest absolute Gasteiger partial charge is 0.253 e. The van der Waals surface area contributed by atoms with Gasteiger partial charge in [-0.25, -0.2) is 4.98 Å². The fourth-order valence-corrected chi connectivity index (χ4v) is 4.49. The van der Waals surface area contributed by atoms with Crippen molar-refractivity contribution in [3.05, 3.63) is 82.0 Å². The molecule has 0 radical (unpaired) electrons. The lowest BCUT2D eigenvalue weighted by molar-refractivity contribution is 0.0664. The summed E-state index contributed by atoms with van der Waals surface area (Å²) in [4.78, 5) is 21.8. The molecule has 1 amide bonds. The molecule has 0 atom stereocenters. The first-order valence-corrected chi connectivity index (χ1v) is 11.8. The number of hydrogen-bond donors (Lipinski definition) is 1. The van der Waals surface area contributed by atoms with Gasteiger partial charge in [-0.1, -0.05) is 41.4 Å². The first-order chi connectivity index (χ1) is 16.5. The molecule has 1 aliphatic rings. The van der Waals surface area contributed by atoms with Crippen molar-refractivity contribution in [1.82, 2.24) is 24.4 Å². The molecule has 0 bridgehead atoms. The van der Waals surface area contributed by atoms with Gasteiger partial charge in [0, 0.05) is 66.0 Å². The predicted molar refractivity (Wildman–Crippen MR) is 136 cm³/mol. The number of carbonyl (C=O) groups is 1. The van der Waals surface area contributed by atoms with Crippen molar-refractivity contribution in [3.63, 3.8) is 0 Å². The van der Waals surface area contributed by atoms with Gasteiger partial charge in [-0.15, -0.1) is 0 Å². The number of fused-ring (bicyclic) bond motifs is 1. The third kappa shape index (κ3) is 4.73. The molecule has 34 heavy (non-hydrogen) atoms. The second-order valence-electron chi connectivity index (χ2n) is 8.39. The molecule has 3 heterocycles. The van der Waals surface area contributed by atoms with Crippen molar-refractivity contribution < 1.29 is 4.79 Å². The Balaban J connectivity index is 1.38. The lowest BCUT2D eigenvalue weighted by Crippen LogP contribution is -2.47. The molecule has 1 fully saturated rings. The zero-order chi connectivity index (χ0) is 23.7. The Kier molecular flexibility index (Phi) is 6.41. The molecule has 2 aromatic carbocycles. The second kappa shape index (κ2) is 9.62. The summed E-state index contributed by atoms with van der Waals surface area (Å²) in [5.74, 6) is 0.856. The van der Waals surface area contributed by atoms with Gasteiger partial charge in [0.15, 0.2) is 5.65 Å². The topological polar surface area (TPSA) is 65.8 Å². The average molecular weight is 495 g/mol. The summed E-state index contributed by atoms with van der Waals surface area (Å²) in [7, 11) is 2.08. The van der Waals surface area contributed by atoms with E-state index < -0.39 is 0 Å². The number of nitrogens with one attached hydrogen (secondary N) is 1. The second-order valence-corrected chi connectivity index (χ2v) is 9.23. The Hall–Kier alpha value is -3.13. The Bertz CT molecular complexity index is 1330. The van der Waals surface area contributed by atoms with Crippen LogP contribution in [0.5, 0.6) is 0 Å². The number of piperazine rings is 1. The normalized spacial score (nSPS) is 14.5. The molecule has 2 aromatic heterocycles. The molecule has 1 N–H and O–H groups in total. The molecule has 1 saturated heterocycles. The van der Waals surface area contributed by atoms with Gasteiger partial charge in [-0.05, 0) is 36.9 Å². The fourth-order valence-electron chi connectivity index (χ4n) is 4.01. The van der Waals surface area contributed by atoms with E-state index in [1.54, 1.807) is 16.8 Å². The number of carbonyl (C=O) groups excluding carboxylic acids is 1. The van der Waals surface area contributed by atoms with Crippen LogP contribution in [-0.2, 0) is 6.54 Å². The zero-order valence-corrected chi connectivity index (χ0v) is 20.2. The number of halogens is 2. The number of anilines is 1. The van der Waals surface area contributed by atoms with E-state index in [4.69, 9.17) is 28.2 Å². The summed E-state index contributed by atoms with van der Waals surface area (Å²) < 4.78 is 1.75. The van der Waals surface area contributed by atoms with Crippen LogP contribution in [0.2, 0.25) is 10.0 Å². The number of likely N-dealkylation sites (N-methyl/N-ethyl adjacent to an activating group) is 1. The molecule has 5 rings (SSSR count). The van der Waals surface area contributed by atoms with Crippen LogP contribution in [0.25, 0.3) is 16.9 Å². The van der Waals surface area contributed by atoms with Crippen molar-refractivity contribution in [2.75, 3.05) is 38.5 Å². The standard InChI is InChI=1S/C25H24Cl2N6O/c1-31-10-12-32(13-11-31)25(34)18-4-2-17(3-5-18)22-15-24(33-23(30-22)8-9-29-33)28-16-19-6-7-20(26)14-21(19)27/h2-9,14-15,28H,10-13,16H2,1H3. The number of amides is 1. The van der Waals surface area contributed by atoms with Gasteiger partial charge in [0.05, 0.1) is 11.9 Å². The minimum absolute atomic E-state index is 0.0704. The molecule has 0 spiro atoms. The maximum absolute atomic E-state index is 12.9. The van der Waals surface area contributed by atoms with E-state index >= 15 is 0 Å². The quantitative estimate of drug-likeness (QED) is 0.435. The molecule has 0 aliphatic carbocycles. The number of hydrogen-bond acceptors (Lipinski definition) is 5. The van der Waals surface area contributed by atoms with Gasteiger partial charge in [0.1, 0.15) is 5.82 Å². The predicted octanol–water partition coefficient (Wildman–Crippen LogP) is 4.70. The lowest BCUT2D eigenvalue weighted by Gasteiger charge is -2.32. The lowest BCUT2D eigenvalue weighted by atomic mass is 10.1. The van der Waals surface area contributed by atoms with E-state index in [1.807, 2.05) is 53.4 Å². The maximum Gasteiger partial charge on any atom is 0.253 e. The summed E-state index contributed by atoms with van der Waals surface area (Å²) >= 11 is 12.3. The molecule has 0 saturated carbocycles. The van der Waals surface area contributed by atoms with Gasteiger partial charge in [-0.3, -0.25) is 4.79 Å². The summed E-state index contributed by atoms with van der Waals surface area (Å²) in [6.07, 6.45) is 1.71. The van der Waals surface area contributed by atoms with Crippen LogP contribution in [-0.4, -0.2) is 63.5 Å². The SMILES string of the molecule is CN1CCN(C(=O)c2ccc(-c3cc(NCc4ccc(Cl)cc4Cl)n4nccc4n3)cc2)CC1. The van der Waals surface area contributed by atoms with Crippen molar-refractivity contribution in [1.29, 1.82) is 0 Å². The van der Waals surface area contributed by atoms with Gasteiger partial charge < -0.3 is 15.1 Å². The molecule has 7 nitrogen and oxygen atoms in total. The van der Waals surface area contributed by atoms with Crippen molar-refractivity contribution in [2.24, 2.45) is 0 Å². The molecular weight excluding hydrogens is 471 g/mol. The van der Waals surface area contributed by atoms with Gasteiger partial charge in [0.2, 0.25) is 0 Å². The highest BCUT2D eigenvalue weighted by Crippen LogP contribution is 2.25. The highest BCUT2D eigenvalue weighted by molar-refractivity contribution is 6.35. The monoisotopic (exact) mass is 494 g/mol. The van der Waals surface area contributed by atoms with E-state index in [9.17, 15) is 4.79 Å². The van der Waals surface area contributed by atoms with E-state index in [-0.39, 0.29) is 5.91 Å². The maximum atomic E-state index is 12.9. The van der Waals surface area contributed by atoms with E-state index in [1.165, 1.54) is 0 Å². The molecular formula is C25H24Cl2N6O. The van der Waals surface area contributed by atoms with Crippen LogP contribution >= 0.6 is 23.2 Å². The van der Waals surface area contributed by atoms with Crippen LogP contribution in [0.3, 0.4) is 0 Å². The molecule has 9 heteroatoms. The number of benzene rings is 2. The van der Waals surface area contributed by atoms with Crippen LogP contribution in [0, 0.1) is 0 Å². The van der Waals surface area contributed by atoms with Gasteiger partial charge in [-0.2, -0.15) is 9.61 Å². The Morgan fingerprint density at radius 1 is 1.00 bits per heavy atom. The number of rotatable bonds is 5.